The second kappa shape index (κ2) is 8.02. The standard InChI is InChI=1S/C22H23F4N7O2/c1-11-6-13-4-5-21(9-11,19-30-29-12(2)35-19)33(13)20(34)28-17-7-14(18-27-10-32(3)31-18)15(8-16(17)23)22(24,25)26/h7-8,10-11,13H,4-6,9H2,1-3H3,(H,28,34)/t11-,13+,21-/m1/s1. The molecule has 35 heavy (non-hydrogen) atoms. The number of urea groups is 1. The Bertz CT molecular complexity index is 1290. The highest BCUT2D eigenvalue weighted by Gasteiger charge is 2.57. The molecule has 2 amide bonds. The number of carbonyl (C=O) groups excluding carboxylic acids is 1. The average Bonchev–Trinajstić information content (AvgIpc) is 3.46. The molecule has 4 heterocycles. The molecule has 2 aromatic heterocycles. The average molecular weight is 493 g/mol. The van der Waals surface area contributed by atoms with Gasteiger partial charge in [0, 0.05) is 25.6 Å². The molecule has 2 aliphatic rings. The Hall–Kier alpha value is -3.51. The number of benzene rings is 1. The Morgan fingerprint density at radius 3 is 2.69 bits per heavy atom. The summed E-state index contributed by atoms with van der Waals surface area (Å²) in [4.78, 5) is 19.0. The lowest BCUT2D eigenvalue weighted by molar-refractivity contribution is -0.137. The third kappa shape index (κ3) is 3.92. The molecule has 5 rings (SSSR count). The summed E-state index contributed by atoms with van der Waals surface area (Å²) in [6.07, 6.45) is -1.01. The number of rotatable bonds is 3. The van der Waals surface area contributed by atoms with Gasteiger partial charge in [0.15, 0.2) is 5.82 Å². The first-order valence-corrected chi connectivity index (χ1v) is 11.2. The van der Waals surface area contributed by atoms with Crippen molar-refractivity contribution in [1.29, 1.82) is 0 Å². The fourth-order valence-corrected chi connectivity index (χ4v) is 5.42. The van der Waals surface area contributed by atoms with E-state index in [-0.39, 0.29) is 17.8 Å². The van der Waals surface area contributed by atoms with Crippen LogP contribution in [0.4, 0.5) is 28.0 Å². The smallest absolute Gasteiger partial charge is 0.417 e. The number of alkyl halides is 3. The van der Waals surface area contributed by atoms with Gasteiger partial charge >= 0.3 is 12.2 Å². The number of hydrogen-bond acceptors (Lipinski definition) is 6. The topological polar surface area (TPSA) is 102 Å². The van der Waals surface area contributed by atoms with Crippen molar-refractivity contribution in [2.45, 2.75) is 57.3 Å². The van der Waals surface area contributed by atoms with E-state index in [9.17, 15) is 22.4 Å². The third-order valence-corrected chi connectivity index (χ3v) is 6.72. The highest BCUT2D eigenvalue weighted by Crippen LogP contribution is 2.52. The van der Waals surface area contributed by atoms with Crippen LogP contribution in [-0.4, -0.2) is 41.9 Å². The van der Waals surface area contributed by atoms with Crippen LogP contribution < -0.4 is 5.32 Å². The van der Waals surface area contributed by atoms with E-state index in [1.165, 1.54) is 18.1 Å². The monoisotopic (exact) mass is 493 g/mol. The fourth-order valence-electron chi connectivity index (χ4n) is 5.42. The van der Waals surface area contributed by atoms with Crippen LogP contribution in [-0.2, 0) is 18.8 Å². The number of carbonyl (C=O) groups is 1. The lowest BCUT2D eigenvalue weighted by Gasteiger charge is -2.44. The normalized spacial score (nSPS) is 24.1. The number of aryl methyl sites for hydroxylation is 2. The van der Waals surface area contributed by atoms with E-state index >= 15 is 0 Å². The van der Waals surface area contributed by atoms with Crippen molar-refractivity contribution in [3.05, 3.63) is 41.6 Å². The first kappa shape index (κ1) is 23.2. The van der Waals surface area contributed by atoms with Crippen molar-refractivity contribution in [3.63, 3.8) is 0 Å². The molecule has 1 aromatic carbocycles. The van der Waals surface area contributed by atoms with Crippen molar-refractivity contribution >= 4 is 11.7 Å². The van der Waals surface area contributed by atoms with Gasteiger partial charge in [0.1, 0.15) is 17.7 Å². The lowest BCUT2D eigenvalue weighted by atomic mass is 9.82. The van der Waals surface area contributed by atoms with Crippen molar-refractivity contribution in [2.75, 3.05) is 5.32 Å². The van der Waals surface area contributed by atoms with Crippen molar-refractivity contribution in [3.8, 4) is 11.4 Å². The number of aromatic nitrogens is 5. The van der Waals surface area contributed by atoms with Crippen LogP contribution >= 0.6 is 0 Å². The second-order valence-electron chi connectivity index (χ2n) is 9.31. The van der Waals surface area contributed by atoms with Gasteiger partial charge in [-0.05, 0) is 43.7 Å². The van der Waals surface area contributed by atoms with Crippen LogP contribution in [0.5, 0.6) is 0 Å². The second-order valence-corrected chi connectivity index (χ2v) is 9.31. The maximum Gasteiger partial charge on any atom is 0.417 e. The van der Waals surface area contributed by atoms with Gasteiger partial charge in [-0.1, -0.05) is 6.92 Å². The van der Waals surface area contributed by atoms with E-state index in [4.69, 9.17) is 4.42 Å². The molecule has 0 unspecified atom stereocenters. The van der Waals surface area contributed by atoms with Gasteiger partial charge in [-0.3, -0.25) is 4.68 Å². The lowest BCUT2D eigenvalue weighted by Crippen LogP contribution is -2.54. The zero-order valence-corrected chi connectivity index (χ0v) is 19.2. The zero-order chi connectivity index (χ0) is 25.1. The number of amides is 2. The first-order valence-electron chi connectivity index (χ1n) is 11.2. The van der Waals surface area contributed by atoms with Crippen molar-refractivity contribution < 1.29 is 26.8 Å². The number of piperidine rings is 1. The highest BCUT2D eigenvalue weighted by molar-refractivity contribution is 5.91. The molecule has 13 heteroatoms. The highest BCUT2D eigenvalue weighted by atomic mass is 19.4. The molecule has 0 saturated carbocycles. The number of nitrogens with one attached hydrogen (secondary N) is 1. The van der Waals surface area contributed by atoms with Crippen LogP contribution in [0, 0.1) is 18.7 Å². The molecule has 2 aliphatic heterocycles. The summed E-state index contributed by atoms with van der Waals surface area (Å²) < 4.78 is 62.8. The van der Waals surface area contributed by atoms with Gasteiger partial charge in [-0.25, -0.2) is 14.2 Å². The quantitative estimate of drug-likeness (QED) is 0.533. The molecule has 2 saturated heterocycles. The van der Waals surface area contributed by atoms with E-state index in [0.29, 0.717) is 37.1 Å². The summed E-state index contributed by atoms with van der Waals surface area (Å²) >= 11 is 0. The molecule has 3 aromatic rings. The fraction of sp³-hybridized carbons (Fsp3) is 0.500. The van der Waals surface area contributed by atoms with Gasteiger partial charge in [-0.2, -0.15) is 18.3 Å². The molecular formula is C22H23F4N7O2. The zero-order valence-electron chi connectivity index (χ0n) is 19.2. The molecule has 186 valence electrons. The minimum Gasteiger partial charge on any atom is -0.423 e. The predicted octanol–water partition coefficient (Wildman–Crippen LogP) is 4.65. The van der Waals surface area contributed by atoms with Crippen LogP contribution in [0.15, 0.2) is 22.9 Å². The maximum absolute atomic E-state index is 14.9. The van der Waals surface area contributed by atoms with Gasteiger partial charge < -0.3 is 14.6 Å². The molecule has 0 spiro atoms. The van der Waals surface area contributed by atoms with Crippen LogP contribution in [0.3, 0.4) is 0 Å². The van der Waals surface area contributed by atoms with Crippen molar-refractivity contribution in [1.82, 2.24) is 29.9 Å². The number of halogens is 4. The molecule has 3 atom stereocenters. The number of hydrogen-bond donors (Lipinski definition) is 1. The van der Waals surface area contributed by atoms with Crippen LogP contribution in [0.1, 0.15) is 50.0 Å². The molecule has 0 radical (unpaired) electrons. The summed E-state index contributed by atoms with van der Waals surface area (Å²) in [5, 5.41) is 14.5. The minimum atomic E-state index is -4.85. The Kier molecular flexibility index (Phi) is 5.33. The van der Waals surface area contributed by atoms with E-state index in [1.807, 2.05) is 0 Å². The van der Waals surface area contributed by atoms with Gasteiger partial charge in [0.25, 0.3) is 0 Å². The van der Waals surface area contributed by atoms with Gasteiger partial charge in [-0.15, -0.1) is 10.2 Å². The van der Waals surface area contributed by atoms with E-state index in [0.717, 1.165) is 12.5 Å². The number of fused-ring (bicyclic) bond motifs is 2. The Balaban J connectivity index is 1.53. The molecule has 0 aliphatic carbocycles. The van der Waals surface area contributed by atoms with E-state index in [1.54, 1.807) is 11.8 Å². The SMILES string of the molecule is Cc1nnc([C@@]23CC[C@@H](C[C@@H](C)C2)N3C(=O)Nc2cc(-c3ncn(C)n3)c(C(F)(F)F)cc2F)o1. The molecule has 9 nitrogen and oxygen atoms in total. The Labute approximate surface area is 197 Å². The molecular weight excluding hydrogens is 470 g/mol. The number of anilines is 1. The van der Waals surface area contributed by atoms with E-state index < -0.39 is 40.4 Å². The Morgan fingerprint density at radius 1 is 1.29 bits per heavy atom. The van der Waals surface area contributed by atoms with Gasteiger partial charge in [0.2, 0.25) is 11.8 Å². The maximum atomic E-state index is 14.9. The minimum absolute atomic E-state index is 0.152. The van der Waals surface area contributed by atoms with Gasteiger partial charge in [0.05, 0.1) is 11.3 Å². The molecule has 2 bridgehead atoms. The first-order chi connectivity index (χ1) is 16.5. The van der Waals surface area contributed by atoms with Crippen molar-refractivity contribution in [2.24, 2.45) is 13.0 Å². The van der Waals surface area contributed by atoms with E-state index in [2.05, 4.69) is 32.5 Å². The predicted molar refractivity (Wildman–Crippen MR) is 114 cm³/mol. The summed E-state index contributed by atoms with van der Waals surface area (Å²) in [7, 11) is 1.50. The van der Waals surface area contributed by atoms with Crippen LogP contribution in [0.2, 0.25) is 0 Å². The third-order valence-electron chi connectivity index (χ3n) is 6.72. The summed E-state index contributed by atoms with van der Waals surface area (Å²) in [5.41, 5.74) is -2.93. The summed E-state index contributed by atoms with van der Waals surface area (Å²) in [6.45, 7) is 3.73. The summed E-state index contributed by atoms with van der Waals surface area (Å²) in [5.74, 6) is -0.502. The molecule has 2 fully saturated rings. The Morgan fingerprint density at radius 2 is 2.06 bits per heavy atom. The number of nitrogens with zero attached hydrogens (tertiary/aromatic N) is 6. The summed E-state index contributed by atoms with van der Waals surface area (Å²) in [6, 6.07) is 0.476. The van der Waals surface area contributed by atoms with Crippen LogP contribution in [0.25, 0.3) is 11.4 Å². The largest absolute Gasteiger partial charge is 0.423 e. The molecule has 1 N–H and O–H groups in total.